The van der Waals surface area contributed by atoms with Crippen LogP contribution >= 0.6 is 0 Å². The summed E-state index contributed by atoms with van der Waals surface area (Å²) in [5.74, 6) is -0.404. The zero-order valence-corrected chi connectivity index (χ0v) is 38.6. The molecule has 4 saturated carbocycles. The fraction of sp³-hybridized carbons (Fsp3) is 0.936. The highest BCUT2D eigenvalue weighted by atomic mass is 16.8. The molecule has 11 N–H and O–H groups in total. The number of carboxylic acids is 1. The molecule has 0 unspecified atom stereocenters. The van der Waals surface area contributed by atoms with Crippen molar-refractivity contribution in [2.75, 3.05) is 26.4 Å². The van der Waals surface area contributed by atoms with Crippen molar-refractivity contribution in [2.45, 2.75) is 198 Å². The van der Waals surface area contributed by atoms with E-state index in [9.17, 15) is 61.0 Å². The van der Waals surface area contributed by atoms with E-state index in [1.54, 1.807) is 0 Å². The standard InChI is InChI=1S/C47H76O18/c1-42(2)13-15-47(41(58)59)16-14-45(5)22(23(47)17-42)7-8-28-43(3)11-10-29(44(4,21-50)27(43)9-12-46(28,45)6)63-38-34(56)36(24(51)20-60-38)64-40-35(57)37(31(53)26(19-49)62-40)65-39-33(55)32(54)30(52)25(18-48)61-39/h7,23-40,48-57H,8-21H2,1-6H3,(H,58,59)/t23-,24+,25+,26+,27-,28-,29+,30+,31+,32-,33+,34-,35+,36+,37-,38+,39-,40-,43+,44+,45-,46-,47+/m1/s1. The summed E-state index contributed by atoms with van der Waals surface area (Å²) in [5.41, 5.74) is -0.628. The second-order valence-corrected chi connectivity index (χ2v) is 22.9. The lowest BCUT2D eigenvalue weighted by Crippen LogP contribution is -2.67. The number of carbonyl (C=O) groups is 1. The molecule has 3 aliphatic heterocycles. The molecule has 18 heteroatoms. The second-order valence-electron chi connectivity index (χ2n) is 22.9. The molecule has 3 saturated heterocycles. The summed E-state index contributed by atoms with van der Waals surface area (Å²) >= 11 is 0. The molecule has 0 aromatic rings. The molecule has 3 heterocycles. The van der Waals surface area contributed by atoms with Crippen molar-refractivity contribution in [3.63, 3.8) is 0 Å². The van der Waals surface area contributed by atoms with Crippen LogP contribution in [0.25, 0.3) is 0 Å². The molecule has 0 bridgehead atoms. The van der Waals surface area contributed by atoms with E-state index in [2.05, 4.69) is 40.7 Å². The van der Waals surface area contributed by atoms with Gasteiger partial charge in [-0.25, -0.2) is 0 Å². The summed E-state index contributed by atoms with van der Waals surface area (Å²) < 4.78 is 35.3. The molecule has 0 aromatic heterocycles. The molecule has 0 radical (unpaired) electrons. The third-order valence-corrected chi connectivity index (χ3v) is 19.1. The van der Waals surface area contributed by atoms with Gasteiger partial charge in [-0.2, -0.15) is 0 Å². The fourth-order valence-corrected chi connectivity index (χ4v) is 14.9. The third-order valence-electron chi connectivity index (χ3n) is 19.1. The Morgan fingerprint density at radius 1 is 0.677 bits per heavy atom. The van der Waals surface area contributed by atoms with Gasteiger partial charge in [0.1, 0.15) is 67.1 Å². The van der Waals surface area contributed by atoms with Crippen LogP contribution < -0.4 is 0 Å². The monoisotopic (exact) mass is 929 g/mol. The third kappa shape index (κ3) is 7.80. The van der Waals surface area contributed by atoms with Gasteiger partial charge in [0.15, 0.2) is 18.9 Å². The molecular formula is C47H76O18. The summed E-state index contributed by atoms with van der Waals surface area (Å²) in [7, 11) is 0. The predicted octanol–water partition coefficient (Wildman–Crippen LogP) is 0.318. The number of hydrogen-bond acceptors (Lipinski definition) is 17. The van der Waals surface area contributed by atoms with E-state index in [4.69, 9.17) is 28.4 Å². The molecule has 7 fully saturated rings. The fourth-order valence-electron chi connectivity index (χ4n) is 14.9. The van der Waals surface area contributed by atoms with Gasteiger partial charge in [0.05, 0.1) is 37.9 Å². The van der Waals surface area contributed by atoms with Crippen LogP contribution in [0.5, 0.6) is 0 Å². The topological polar surface area (TPSA) is 295 Å². The zero-order chi connectivity index (χ0) is 47.4. The Balaban J connectivity index is 0.983. The van der Waals surface area contributed by atoms with E-state index >= 15 is 0 Å². The van der Waals surface area contributed by atoms with E-state index in [0.717, 1.165) is 44.9 Å². The minimum absolute atomic E-state index is 0.00665. The average molecular weight is 929 g/mol. The molecule has 5 aliphatic carbocycles. The Morgan fingerprint density at radius 2 is 1.29 bits per heavy atom. The zero-order valence-electron chi connectivity index (χ0n) is 38.6. The molecule has 372 valence electrons. The van der Waals surface area contributed by atoms with Crippen molar-refractivity contribution in [3.05, 3.63) is 11.6 Å². The lowest BCUT2D eigenvalue weighted by molar-refractivity contribution is -0.379. The number of aliphatic hydroxyl groups excluding tert-OH is 10. The number of ether oxygens (including phenoxy) is 6. The van der Waals surface area contributed by atoms with Crippen LogP contribution in [0.4, 0.5) is 0 Å². The molecule has 8 aliphatic rings. The summed E-state index contributed by atoms with van der Waals surface area (Å²) in [6, 6.07) is 0. The number of aliphatic carboxylic acids is 1. The maximum Gasteiger partial charge on any atom is 0.310 e. The first-order chi connectivity index (χ1) is 30.5. The second kappa shape index (κ2) is 17.8. The number of fused-ring (bicyclic) bond motifs is 7. The smallest absolute Gasteiger partial charge is 0.310 e. The van der Waals surface area contributed by atoms with E-state index < -0.39 is 122 Å². The first kappa shape index (κ1) is 50.0. The Bertz CT molecular complexity index is 1760. The van der Waals surface area contributed by atoms with Crippen molar-refractivity contribution in [1.29, 1.82) is 0 Å². The van der Waals surface area contributed by atoms with Gasteiger partial charge >= 0.3 is 5.97 Å². The number of hydrogen-bond donors (Lipinski definition) is 11. The number of aliphatic hydroxyl groups is 10. The lowest BCUT2D eigenvalue weighted by atomic mass is 9.33. The van der Waals surface area contributed by atoms with Gasteiger partial charge < -0.3 is 84.6 Å². The van der Waals surface area contributed by atoms with Gasteiger partial charge in [-0.1, -0.05) is 53.2 Å². The van der Waals surface area contributed by atoms with Gasteiger partial charge in [0, 0.05) is 5.41 Å². The Labute approximate surface area is 380 Å². The molecule has 0 amide bonds. The average Bonchev–Trinajstić information content (AvgIpc) is 3.26. The normalized spacial score (nSPS) is 54.3. The predicted molar refractivity (Wildman–Crippen MR) is 226 cm³/mol. The maximum atomic E-state index is 13.1. The van der Waals surface area contributed by atoms with E-state index in [0.29, 0.717) is 19.3 Å². The van der Waals surface area contributed by atoms with Gasteiger partial charge in [-0.3, -0.25) is 4.79 Å². The van der Waals surface area contributed by atoms with Crippen molar-refractivity contribution >= 4 is 5.97 Å². The van der Waals surface area contributed by atoms with Crippen molar-refractivity contribution in [3.8, 4) is 0 Å². The highest BCUT2D eigenvalue weighted by Gasteiger charge is 2.70. The van der Waals surface area contributed by atoms with Gasteiger partial charge in [0.2, 0.25) is 0 Å². The highest BCUT2D eigenvalue weighted by molar-refractivity contribution is 5.76. The first-order valence-electron chi connectivity index (χ1n) is 23.9. The molecule has 18 nitrogen and oxygen atoms in total. The molecule has 8 rings (SSSR count). The van der Waals surface area contributed by atoms with Crippen LogP contribution in [0, 0.1) is 50.2 Å². The van der Waals surface area contributed by atoms with Crippen LogP contribution in [0.1, 0.15) is 106 Å². The molecular weight excluding hydrogens is 852 g/mol. The van der Waals surface area contributed by atoms with Gasteiger partial charge in [-0.15, -0.1) is 0 Å². The Hall–Kier alpha value is -1.43. The minimum Gasteiger partial charge on any atom is -0.481 e. The van der Waals surface area contributed by atoms with Crippen LogP contribution in [0.3, 0.4) is 0 Å². The summed E-state index contributed by atoms with van der Waals surface area (Å²) in [6.07, 6.45) is -13.5. The van der Waals surface area contributed by atoms with E-state index in [1.807, 2.05) is 6.92 Å². The van der Waals surface area contributed by atoms with Gasteiger partial charge in [0.25, 0.3) is 0 Å². The maximum absolute atomic E-state index is 13.1. The number of carboxylic acid groups (broad SMARTS) is 1. The molecule has 23 atom stereocenters. The van der Waals surface area contributed by atoms with Crippen LogP contribution in [0.15, 0.2) is 11.6 Å². The highest BCUT2D eigenvalue weighted by Crippen LogP contribution is 2.76. The van der Waals surface area contributed by atoms with Crippen LogP contribution in [0.2, 0.25) is 0 Å². The Kier molecular flexibility index (Phi) is 13.7. The molecule has 0 spiro atoms. The largest absolute Gasteiger partial charge is 0.481 e. The SMILES string of the molecule is CC1(C)CC[C@]2(C(=O)O)CC[C@]3(C)C(=CC[C@@H]4[C@@]5(C)CC[C@H](O[C@@H]6OC[C@H](O)[C@H](O[C@H]7O[C@@H](CO)[C@H](O)[C@@H](O[C@H]8O[C@@H](CO)[C@H](O)[C@@H](O)[C@@H]8O)[C@@H]7O)[C@H]6O)[C@@](C)(CO)[C@@H]5CC[C@]43C)[C@H]2C1. The number of allylic oxidation sites excluding steroid dienone is 2. The van der Waals surface area contributed by atoms with Crippen molar-refractivity contribution in [1.82, 2.24) is 0 Å². The number of rotatable bonds is 10. The van der Waals surface area contributed by atoms with Crippen LogP contribution in [-0.2, 0) is 33.2 Å². The molecule has 65 heavy (non-hydrogen) atoms. The van der Waals surface area contributed by atoms with Crippen molar-refractivity contribution < 1.29 is 89.4 Å². The minimum atomic E-state index is -1.90. The van der Waals surface area contributed by atoms with Crippen LogP contribution in [-0.4, -0.2) is 181 Å². The summed E-state index contributed by atoms with van der Waals surface area (Å²) in [5, 5.41) is 118. The lowest BCUT2D eigenvalue weighted by Gasteiger charge is -2.71. The summed E-state index contributed by atoms with van der Waals surface area (Å²) in [4.78, 5) is 13.1. The van der Waals surface area contributed by atoms with E-state index in [-0.39, 0.29) is 52.6 Å². The van der Waals surface area contributed by atoms with Gasteiger partial charge in [-0.05, 0) is 104 Å². The van der Waals surface area contributed by atoms with Crippen molar-refractivity contribution in [2.24, 2.45) is 50.2 Å². The first-order valence-corrected chi connectivity index (χ1v) is 23.9. The summed E-state index contributed by atoms with van der Waals surface area (Å²) in [6.45, 7) is 11.6. The molecule has 0 aromatic carbocycles. The quantitative estimate of drug-likeness (QED) is 0.104. The Morgan fingerprint density at radius 3 is 1.94 bits per heavy atom. The van der Waals surface area contributed by atoms with E-state index in [1.165, 1.54) is 5.57 Å².